The molecule has 6 heteroatoms. The number of aliphatic hydroxyl groups is 1. The maximum atomic E-state index is 13.2. The number of halogens is 1. The summed E-state index contributed by atoms with van der Waals surface area (Å²) < 4.78 is 6.27. The number of fused-ring (bicyclic) bond motifs is 2. The molecule has 26 heavy (non-hydrogen) atoms. The fourth-order valence-electron chi connectivity index (χ4n) is 3.77. The highest BCUT2D eigenvalue weighted by atomic mass is 35.5. The van der Waals surface area contributed by atoms with Gasteiger partial charge in [0.05, 0.1) is 18.1 Å². The number of carbonyl (C=O) groups excluding carboxylic acids is 1. The predicted molar refractivity (Wildman–Crippen MR) is 107 cm³/mol. The van der Waals surface area contributed by atoms with Crippen molar-refractivity contribution in [3.8, 4) is 0 Å². The Kier molecular flexibility index (Phi) is 5.06. The molecule has 0 saturated heterocycles. The molecule has 3 rings (SSSR count). The van der Waals surface area contributed by atoms with E-state index in [4.69, 9.17) is 16.0 Å². The number of nitrogens with zero attached hydrogens (tertiary/aromatic N) is 1. The zero-order valence-corrected chi connectivity index (χ0v) is 18.2. The van der Waals surface area contributed by atoms with Gasteiger partial charge in [0.2, 0.25) is 5.91 Å². The highest BCUT2D eigenvalue weighted by Gasteiger charge is 2.55. The van der Waals surface area contributed by atoms with E-state index >= 15 is 0 Å². The van der Waals surface area contributed by atoms with Gasteiger partial charge in [0.15, 0.2) is 8.32 Å². The van der Waals surface area contributed by atoms with Gasteiger partial charge < -0.3 is 14.4 Å². The van der Waals surface area contributed by atoms with Crippen molar-refractivity contribution in [3.05, 3.63) is 34.3 Å². The number of benzene rings is 1. The van der Waals surface area contributed by atoms with Gasteiger partial charge in [0, 0.05) is 18.1 Å². The molecular weight excluding hydrogens is 366 g/mol. The predicted octanol–water partition coefficient (Wildman–Crippen LogP) is 4.10. The second kappa shape index (κ2) is 6.62. The van der Waals surface area contributed by atoms with Gasteiger partial charge >= 0.3 is 0 Å². The Morgan fingerprint density at radius 2 is 2.00 bits per heavy atom. The average molecular weight is 396 g/mol. The van der Waals surface area contributed by atoms with Crippen LogP contribution < -0.4 is 0 Å². The van der Waals surface area contributed by atoms with E-state index in [1.807, 2.05) is 23.1 Å². The van der Waals surface area contributed by atoms with Crippen molar-refractivity contribution in [2.45, 2.75) is 69.8 Å². The molecule has 0 unspecified atom stereocenters. The van der Waals surface area contributed by atoms with Gasteiger partial charge in [-0.3, -0.25) is 4.79 Å². The van der Waals surface area contributed by atoms with Gasteiger partial charge in [0.1, 0.15) is 0 Å². The molecule has 1 N–H and O–H groups in total. The molecule has 1 saturated carbocycles. The first-order valence-electron chi connectivity index (χ1n) is 9.37. The van der Waals surface area contributed by atoms with Crippen LogP contribution in [0.15, 0.2) is 18.2 Å². The molecule has 1 aliphatic heterocycles. The van der Waals surface area contributed by atoms with Gasteiger partial charge in [-0.1, -0.05) is 38.4 Å². The topological polar surface area (TPSA) is 49.8 Å². The molecule has 0 bridgehead atoms. The molecule has 0 aromatic heterocycles. The number of hydrogen-bond acceptors (Lipinski definition) is 3. The molecule has 1 aromatic rings. The first-order chi connectivity index (χ1) is 12.0. The molecule has 1 amide bonds. The van der Waals surface area contributed by atoms with Crippen molar-refractivity contribution in [1.29, 1.82) is 0 Å². The number of aliphatic hydroxyl groups excluding tert-OH is 1. The van der Waals surface area contributed by atoms with Crippen molar-refractivity contribution in [2.24, 2.45) is 0 Å². The second-order valence-corrected chi connectivity index (χ2v) is 14.5. The minimum Gasteiger partial charge on any atom is -0.415 e. The van der Waals surface area contributed by atoms with Crippen LogP contribution in [0.5, 0.6) is 0 Å². The summed E-state index contributed by atoms with van der Waals surface area (Å²) in [5.41, 5.74) is 1.53. The quantitative estimate of drug-likeness (QED) is 0.781. The normalized spacial score (nSPS) is 26.0. The monoisotopic (exact) mass is 395 g/mol. The molecule has 4 nitrogen and oxygen atoms in total. The third-order valence-corrected chi connectivity index (χ3v) is 11.2. The molecule has 2 aliphatic rings. The van der Waals surface area contributed by atoms with E-state index in [0.29, 0.717) is 37.6 Å². The van der Waals surface area contributed by atoms with Crippen LogP contribution in [0.25, 0.3) is 0 Å². The summed E-state index contributed by atoms with van der Waals surface area (Å²) in [5, 5.41) is 10.7. The third-order valence-electron chi connectivity index (χ3n) is 6.44. The second-order valence-electron chi connectivity index (χ2n) is 9.28. The summed E-state index contributed by atoms with van der Waals surface area (Å²) in [4.78, 5) is 15.1. The van der Waals surface area contributed by atoms with Crippen LogP contribution in [0.1, 0.15) is 44.7 Å². The SMILES string of the molecule is CC(C)(C)[Si](C)(C)OCCN1Cc2ccc(Cl)cc2C2(CC(O)C2)C1=O. The Balaban J connectivity index is 1.76. The Morgan fingerprint density at radius 1 is 1.35 bits per heavy atom. The zero-order chi connectivity index (χ0) is 19.3. The number of carbonyl (C=O) groups is 1. The Bertz CT molecular complexity index is 707. The molecule has 1 spiro atoms. The zero-order valence-electron chi connectivity index (χ0n) is 16.4. The highest BCUT2D eigenvalue weighted by molar-refractivity contribution is 6.74. The number of amides is 1. The summed E-state index contributed by atoms with van der Waals surface area (Å²) in [5.74, 6) is 0.108. The lowest BCUT2D eigenvalue weighted by Crippen LogP contribution is -2.59. The van der Waals surface area contributed by atoms with E-state index in [0.717, 1.165) is 11.1 Å². The van der Waals surface area contributed by atoms with Crippen LogP contribution in [0.3, 0.4) is 0 Å². The minimum absolute atomic E-state index is 0.108. The highest BCUT2D eigenvalue weighted by Crippen LogP contribution is 2.49. The molecule has 1 aliphatic carbocycles. The van der Waals surface area contributed by atoms with Gasteiger partial charge in [-0.05, 0) is 54.2 Å². The largest absolute Gasteiger partial charge is 0.415 e. The Morgan fingerprint density at radius 3 is 2.58 bits per heavy atom. The van der Waals surface area contributed by atoms with E-state index in [1.165, 1.54) is 0 Å². The Hall–Kier alpha value is -0.883. The first-order valence-corrected chi connectivity index (χ1v) is 12.7. The summed E-state index contributed by atoms with van der Waals surface area (Å²) in [6.07, 6.45) is 0.562. The fraction of sp³-hybridized carbons (Fsp3) is 0.650. The third kappa shape index (κ3) is 3.35. The van der Waals surface area contributed by atoms with Crippen molar-refractivity contribution < 1.29 is 14.3 Å². The molecule has 1 aromatic carbocycles. The summed E-state index contributed by atoms with van der Waals surface area (Å²) >= 11 is 6.18. The average Bonchev–Trinajstić information content (AvgIpc) is 2.49. The van der Waals surface area contributed by atoms with Crippen molar-refractivity contribution >= 4 is 25.8 Å². The maximum absolute atomic E-state index is 13.2. The van der Waals surface area contributed by atoms with Crippen LogP contribution in [0.2, 0.25) is 23.2 Å². The van der Waals surface area contributed by atoms with E-state index in [9.17, 15) is 9.90 Å². The number of hydrogen-bond donors (Lipinski definition) is 1. The van der Waals surface area contributed by atoms with E-state index in [-0.39, 0.29) is 10.9 Å². The maximum Gasteiger partial charge on any atom is 0.233 e. The first kappa shape index (κ1) is 19.9. The van der Waals surface area contributed by atoms with E-state index < -0.39 is 19.8 Å². The smallest absolute Gasteiger partial charge is 0.233 e. The lowest BCUT2D eigenvalue weighted by molar-refractivity contribution is -0.149. The van der Waals surface area contributed by atoms with Crippen molar-refractivity contribution in [3.63, 3.8) is 0 Å². The van der Waals surface area contributed by atoms with Gasteiger partial charge in [-0.25, -0.2) is 0 Å². The fourth-order valence-corrected chi connectivity index (χ4v) is 4.98. The van der Waals surface area contributed by atoms with Crippen LogP contribution in [-0.2, 0) is 21.2 Å². The molecule has 144 valence electrons. The molecule has 1 heterocycles. The van der Waals surface area contributed by atoms with Crippen LogP contribution in [-0.4, -0.2) is 43.5 Å². The summed E-state index contributed by atoms with van der Waals surface area (Å²) in [6.45, 7) is 12.8. The standard InChI is InChI=1S/C20H30ClNO3Si/c1-19(2,3)26(4,5)25-9-8-22-13-14-6-7-15(21)10-17(14)20(18(22)24)11-16(23)12-20/h6-7,10,16,23H,8-9,11-13H2,1-5H3. The van der Waals surface area contributed by atoms with Crippen LogP contribution in [0, 0.1) is 0 Å². The van der Waals surface area contributed by atoms with E-state index in [1.54, 1.807) is 0 Å². The lowest BCUT2D eigenvalue weighted by atomic mass is 9.59. The van der Waals surface area contributed by atoms with Gasteiger partial charge in [-0.2, -0.15) is 0 Å². The minimum atomic E-state index is -1.83. The molecule has 0 atom stereocenters. The molecule has 0 radical (unpaired) electrons. The molecule has 1 fully saturated rings. The van der Waals surface area contributed by atoms with Crippen LogP contribution in [0.4, 0.5) is 0 Å². The number of rotatable bonds is 4. The van der Waals surface area contributed by atoms with Crippen molar-refractivity contribution in [1.82, 2.24) is 4.90 Å². The lowest BCUT2D eigenvalue weighted by Gasteiger charge is -2.50. The van der Waals surface area contributed by atoms with Crippen molar-refractivity contribution in [2.75, 3.05) is 13.2 Å². The van der Waals surface area contributed by atoms with E-state index in [2.05, 4.69) is 33.9 Å². The summed E-state index contributed by atoms with van der Waals surface area (Å²) in [6, 6.07) is 5.80. The summed E-state index contributed by atoms with van der Waals surface area (Å²) in [7, 11) is -1.83. The Labute approximate surface area is 162 Å². The van der Waals surface area contributed by atoms with Gasteiger partial charge in [0.25, 0.3) is 0 Å². The molecular formula is C20H30ClNO3Si. The van der Waals surface area contributed by atoms with Gasteiger partial charge in [-0.15, -0.1) is 0 Å². The van der Waals surface area contributed by atoms with Crippen LogP contribution >= 0.6 is 11.6 Å².